The molecule has 0 aromatic carbocycles. The second-order valence-electron chi connectivity index (χ2n) is 2.59. The fraction of sp³-hybridized carbons (Fsp3) is 1.00. The number of nitrogens with one attached hydrogen (secondary N) is 1. The van der Waals surface area contributed by atoms with Crippen LogP contribution in [0.4, 0.5) is 0 Å². The van der Waals surface area contributed by atoms with Crippen molar-refractivity contribution in [3.05, 3.63) is 0 Å². The molecule has 0 fully saturated rings. The fourth-order valence-corrected chi connectivity index (χ4v) is 0.828. The summed E-state index contributed by atoms with van der Waals surface area (Å²) in [5, 5.41) is 30.1. The van der Waals surface area contributed by atoms with Crippen molar-refractivity contribution in [2.45, 2.75) is 31.7 Å². The van der Waals surface area contributed by atoms with Gasteiger partial charge in [-0.1, -0.05) is 6.92 Å². The summed E-state index contributed by atoms with van der Waals surface area (Å²) in [5.74, 6) is 0. The average Bonchev–Trinajstić information content (AvgIpc) is 2.02. The highest BCUT2D eigenvalue weighted by molar-refractivity contribution is 4.75. The summed E-state index contributed by atoms with van der Waals surface area (Å²) in [6.45, 7) is 2.04. The SMILES string of the molecule is CC[C@@H](O)[C@H](O)[C@@H](O)CNC. The summed E-state index contributed by atoms with van der Waals surface area (Å²) < 4.78 is 0. The van der Waals surface area contributed by atoms with Crippen molar-refractivity contribution in [3.8, 4) is 0 Å². The maximum Gasteiger partial charge on any atom is 0.107 e. The standard InChI is InChI=1S/C7H17NO3/c1-3-5(9)7(11)6(10)4-8-2/h5-11H,3-4H2,1-2H3/t5-,6+,7+/m1/s1. The molecule has 0 heterocycles. The van der Waals surface area contributed by atoms with Crippen LogP contribution in [0.15, 0.2) is 0 Å². The van der Waals surface area contributed by atoms with Gasteiger partial charge in [-0.2, -0.15) is 0 Å². The number of aliphatic hydroxyl groups is 3. The van der Waals surface area contributed by atoms with Crippen LogP contribution in [0.5, 0.6) is 0 Å². The zero-order chi connectivity index (χ0) is 8.85. The number of aliphatic hydroxyl groups excluding tert-OH is 3. The van der Waals surface area contributed by atoms with Gasteiger partial charge in [0, 0.05) is 6.54 Å². The molecule has 0 amide bonds. The Kier molecular flexibility index (Phi) is 5.41. The molecule has 0 unspecified atom stereocenters. The molecule has 0 aromatic rings. The lowest BCUT2D eigenvalue weighted by Crippen LogP contribution is -2.42. The minimum atomic E-state index is -1.05. The van der Waals surface area contributed by atoms with Crippen LogP contribution in [0.25, 0.3) is 0 Å². The Morgan fingerprint density at radius 3 is 2.09 bits per heavy atom. The van der Waals surface area contributed by atoms with E-state index in [1.165, 1.54) is 0 Å². The molecule has 0 rings (SSSR count). The Balaban J connectivity index is 3.70. The molecule has 0 aromatic heterocycles. The maximum absolute atomic E-state index is 9.18. The monoisotopic (exact) mass is 163 g/mol. The smallest absolute Gasteiger partial charge is 0.107 e. The summed E-state index contributed by atoms with van der Waals surface area (Å²) in [5.41, 5.74) is 0. The first-order valence-corrected chi connectivity index (χ1v) is 3.82. The van der Waals surface area contributed by atoms with Gasteiger partial charge in [0.1, 0.15) is 6.10 Å². The van der Waals surface area contributed by atoms with Gasteiger partial charge in [0.15, 0.2) is 0 Å². The molecule has 0 saturated carbocycles. The molecule has 4 heteroatoms. The van der Waals surface area contributed by atoms with E-state index in [1.807, 2.05) is 0 Å². The highest BCUT2D eigenvalue weighted by atomic mass is 16.4. The van der Waals surface area contributed by atoms with Gasteiger partial charge in [0.2, 0.25) is 0 Å². The molecule has 3 atom stereocenters. The van der Waals surface area contributed by atoms with E-state index < -0.39 is 18.3 Å². The highest BCUT2D eigenvalue weighted by Crippen LogP contribution is 2.02. The van der Waals surface area contributed by atoms with Crippen molar-refractivity contribution < 1.29 is 15.3 Å². The summed E-state index contributed by atoms with van der Waals surface area (Å²) >= 11 is 0. The van der Waals surface area contributed by atoms with E-state index in [9.17, 15) is 5.11 Å². The molecule has 4 nitrogen and oxygen atoms in total. The van der Waals surface area contributed by atoms with Gasteiger partial charge in [-0.15, -0.1) is 0 Å². The lowest BCUT2D eigenvalue weighted by atomic mass is 10.1. The summed E-state index contributed by atoms with van der Waals surface area (Å²) in [6, 6.07) is 0. The molecule has 68 valence electrons. The molecule has 0 aliphatic rings. The second kappa shape index (κ2) is 5.49. The van der Waals surface area contributed by atoms with Crippen LogP contribution in [0.3, 0.4) is 0 Å². The maximum atomic E-state index is 9.18. The lowest BCUT2D eigenvalue weighted by molar-refractivity contribution is -0.0580. The van der Waals surface area contributed by atoms with Gasteiger partial charge in [-0.25, -0.2) is 0 Å². The molecule has 0 saturated heterocycles. The van der Waals surface area contributed by atoms with Crippen molar-refractivity contribution >= 4 is 0 Å². The minimum absolute atomic E-state index is 0.290. The Hall–Kier alpha value is -0.160. The predicted octanol–water partition coefficient (Wildman–Crippen LogP) is -1.30. The molecule has 4 N–H and O–H groups in total. The van der Waals surface area contributed by atoms with E-state index in [4.69, 9.17) is 10.2 Å². The van der Waals surface area contributed by atoms with Crippen LogP contribution in [-0.2, 0) is 0 Å². The largest absolute Gasteiger partial charge is 0.390 e. The number of rotatable bonds is 5. The van der Waals surface area contributed by atoms with E-state index in [0.29, 0.717) is 6.42 Å². The quantitative estimate of drug-likeness (QED) is 0.406. The summed E-state index contributed by atoms with van der Waals surface area (Å²) in [6.07, 6.45) is -2.33. The first kappa shape index (κ1) is 10.8. The molecule has 0 bridgehead atoms. The van der Waals surface area contributed by atoms with E-state index >= 15 is 0 Å². The van der Waals surface area contributed by atoms with E-state index in [-0.39, 0.29) is 6.54 Å². The van der Waals surface area contributed by atoms with Gasteiger partial charge in [0.05, 0.1) is 12.2 Å². The van der Waals surface area contributed by atoms with Gasteiger partial charge in [-0.05, 0) is 13.5 Å². The second-order valence-corrected chi connectivity index (χ2v) is 2.59. The third kappa shape index (κ3) is 3.67. The molecule has 0 aliphatic heterocycles. The fourth-order valence-electron chi connectivity index (χ4n) is 0.828. The van der Waals surface area contributed by atoms with Gasteiger partial charge in [-0.3, -0.25) is 0 Å². The zero-order valence-corrected chi connectivity index (χ0v) is 6.99. The zero-order valence-electron chi connectivity index (χ0n) is 6.99. The van der Waals surface area contributed by atoms with Crippen molar-refractivity contribution in [1.29, 1.82) is 0 Å². The number of likely N-dealkylation sites (N-methyl/N-ethyl adjacent to an activating group) is 1. The Morgan fingerprint density at radius 1 is 1.18 bits per heavy atom. The van der Waals surface area contributed by atoms with E-state index in [0.717, 1.165) is 0 Å². The summed E-state index contributed by atoms with van der Waals surface area (Å²) in [7, 11) is 1.67. The molecule has 0 aliphatic carbocycles. The highest BCUT2D eigenvalue weighted by Gasteiger charge is 2.21. The van der Waals surface area contributed by atoms with Crippen LogP contribution in [-0.4, -0.2) is 47.2 Å². The molecule has 0 radical (unpaired) electrons. The van der Waals surface area contributed by atoms with Crippen molar-refractivity contribution in [3.63, 3.8) is 0 Å². The summed E-state index contributed by atoms with van der Waals surface area (Å²) in [4.78, 5) is 0. The van der Waals surface area contributed by atoms with Gasteiger partial charge >= 0.3 is 0 Å². The Bertz CT molecular complexity index is 99.7. The Labute approximate surface area is 66.9 Å². The topological polar surface area (TPSA) is 72.7 Å². The van der Waals surface area contributed by atoms with Crippen LogP contribution in [0.1, 0.15) is 13.3 Å². The van der Waals surface area contributed by atoms with Crippen molar-refractivity contribution in [1.82, 2.24) is 5.32 Å². The van der Waals surface area contributed by atoms with Crippen molar-refractivity contribution in [2.75, 3.05) is 13.6 Å². The van der Waals surface area contributed by atoms with E-state index in [2.05, 4.69) is 5.32 Å². The number of hydrogen-bond donors (Lipinski definition) is 4. The van der Waals surface area contributed by atoms with Crippen LogP contribution < -0.4 is 5.32 Å². The average molecular weight is 163 g/mol. The van der Waals surface area contributed by atoms with Crippen LogP contribution in [0.2, 0.25) is 0 Å². The predicted molar refractivity (Wildman–Crippen MR) is 42.2 cm³/mol. The third-order valence-corrected chi connectivity index (χ3v) is 1.62. The molecular formula is C7H17NO3. The first-order chi connectivity index (χ1) is 5.13. The third-order valence-electron chi connectivity index (χ3n) is 1.62. The van der Waals surface area contributed by atoms with E-state index in [1.54, 1.807) is 14.0 Å². The Morgan fingerprint density at radius 2 is 1.73 bits per heavy atom. The van der Waals surface area contributed by atoms with Gasteiger partial charge in [0.25, 0.3) is 0 Å². The van der Waals surface area contributed by atoms with Crippen molar-refractivity contribution in [2.24, 2.45) is 0 Å². The lowest BCUT2D eigenvalue weighted by Gasteiger charge is -2.21. The van der Waals surface area contributed by atoms with Crippen LogP contribution in [0, 0.1) is 0 Å². The van der Waals surface area contributed by atoms with Crippen LogP contribution >= 0.6 is 0 Å². The number of hydrogen-bond acceptors (Lipinski definition) is 4. The van der Waals surface area contributed by atoms with Gasteiger partial charge < -0.3 is 20.6 Å². The minimum Gasteiger partial charge on any atom is -0.390 e. The molecule has 11 heavy (non-hydrogen) atoms. The normalized spacial score (nSPS) is 19.4. The molecular weight excluding hydrogens is 146 g/mol. The first-order valence-electron chi connectivity index (χ1n) is 3.82. The molecule has 0 spiro atoms.